The summed E-state index contributed by atoms with van der Waals surface area (Å²) in [6.45, 7) is 15.5. The van der Waals surface area contributed by atoms with E-state index in [2.05, 4.69) is 13.5 Å². The van der Waals surface area contributed by atoms with Gasteiger partial charge in [-0.1, -0.05) is 96.7 Å². The molecule has 0 saturated heterocycles. The molecule has 0 saturated carbocycles. The van der Waals surface area contributed by atoms with Gasteiger partial charge in [0.05, 0.1) is 24.4 Å². The molecule has 0 aromatic carbocycles. The third-order valence-electron chi connectivity index (χ3n) is 7.78. The Hall–Kier alpha value is -1.99. The Labute approximate surface area is 230 Å². The fraction of sp³-hybridized carbons (Fsp3) is 0.656. The minimum atomic E-state index is -0.828. The highest BCUT2D eigenvalue weighted by Crippen LogP contribution is 2.28. The van der Waals surface area contributed by atoms with E-state index in [0.29, 0.717) is 6.42 Å². The van der Waals surface area contributed by atoms with Crippen LogP contribution in [-0.4, -0.2) is 56.9 Å². The lowest BCUT2D eigenvalue weighted by Crippen LogP contribution is -2.37. The van der Waals surface area contributed by atoms with Crippen LogP contribution in [0.4, 0.5) is 0 Å². The second kappa shape index (κ2) is 17.6. The highest BCUT2D eigenvalue weighted by molar-refractivity contribution is 5.82. The van der Waals surface area contributed by atoms with Crippen LogP contribution in [-0.2, 0) is 9.53 Å². The molecule has 1 unspecified atom stereocenters. The second-order valence-electron chi connectivity index (χ2n) is 11.4. The lowest BCUT2D eigenvalue weighted by Gasteiger charge is -2.31. The number of hydrogen-bond acceptors (Lipinski definition) is 6. The second-order valence-corrected chi connectivity index (χ2v) is 11.4. The monoisotopic (exact) mass is 532 g/mol. The van der Waals surface area contributed by atoms with Gasteiger partial charge in [0.1, 0.15) is 6.10 Å². The maximum atomic E-state index is 12.6. The minimum absolute atomic E-state index is 0.0366. The Morgan fingerprint density at radius 3 is 2.26 bits per heavy atom. The van der Waals surface area contributed by atoms with Crippen LogP contribution in [0, 0.1) is 35.5 Å². The predicted octanol–water partition coefficient (Wildman–Crippen LogP) is 5.14. The Kier molecular flexibility index (Phi) is 15.7. The third kappa shape index (κ3) is 12.2. The summed E-state index contributed by atoms with van der Waals surface area (Å²) in [4.78, 5) is 12.6. The first kappa shape index (κ1) is 34.0. The van der Waals surface area contributed by atoms with Crippen molar-refractivity contribution in [3.05, 3.63) is 61.3 Å². The molecule has 0 radical (unpaired) electrons. The van der Waals surface area contributed by atoms with Crippen molar-refractivity contribution in [2.45, 2.75) is 97.7 Å². The molecule has 216 valence electrons. The van der Waals surface area contributed by atoms with Gasteiger partial charge < -0.3 is 25.2 Å². The number of allylic oxidation sites excluding steroid dienone is 4. The summed E-state index contributed by atoms with van der Waals surface area (Å²) in [6.07, 6.45) is 14.2. The number of aliphatic hydroxyl groups excluding tert-OH is 4. The molecule has 6 nitrogen and oxygen atoms in total. The van der Waals surface area contributed by atoms with Crippen LogP contribution in [0.15, 0.2) is 61.3 Å². The molecule has 1 rings (SSSR count). The van der Waals surface area contributed by atoms with Crippen molar-refractivity contribution >= 4 is 5.97 Å². The zero-order chi connectivity index (χ0) is 28.8. The van der Waals surface area contributed by atoms with Crippen molar-refractivity contribution < 1.29 is 30.0 Å². The van der Waals surface area contributed by atoms with Crippen molar-refractivity contribution in [3.8, 4) is 0 Å². The highest BCUT2D eigenvalue weighted by Gasteiger charge is 2.31. The molecule has 0 aliphatic carbocycles. The summed E-state index contributed by atoms with van der Waals surface area (Å²) in [5.74, 6) is -0.976. The van der Waals surface area contributed by atoms with Crippen LogP contribution < -0.4 is 0 Å². The van der Waals surface area contributed by atoms with Gasteiger partial charge in [0.25, 0.3) is 0 Å². The maximum absolute atomic E-state index is 12.6. The number of hydrogen-bond donors (Lipinski definition) is 4. The number of carbonyl (C=O) groups excluding carboxylic acids is 1. The summed E-state index contributed by atoms with van der Waals surface area (Å²) in [5.41, 5.74) is 0. The Bertz CT molecular complexity index is 815. The standard InChI is InChI=1S/C32H52O6/c1-8-9-12-24(5)32-26(7)28(34)18-15-21(2)19-25(6)31(37)23(4)16-17-27(33)20-29(35)22(3)13-10-11-14-30(36)38-32/h8-14,16-17,21-29,31-35,37H,1,15,18-20H2,2-7H3/b12-9-,13-10+,14-11-,17-16-/t21-,22+,23-,24-,25-,26-,27?,28+,29-,31+,32-/m0/s1. The van der Waals surface area contributed by atoms with E-state index in [1.54, 1.807) is 30.4 Å². The molecule has 1 heterocycles. The number of aliphatic hydroxyl groups is 4. The van der Waals surface area contributed by atoms with E-state index in [4.69, 9.17) is 4.74 Å². The average molecular weight is 533 g/mol. The number of cyclic esters (lactones) is 1. The Balaban J connectivity index is 3.17. The molecule has 0 amide bonds. The van der Waals surface area contributed by atoms with Gasteiger partial charge in [0, 0.05) is 36.2 Å². The number of esters is 1. The maximum Gasteiger partial charge on any atom is 0.331 e. The highest BCUT2D eigenvalue weighted by atomic mass is 16.5. The van der Waals surface area contributed by atoms with Gasteiger partial charge in [0.15, 0.2) is 0 Å². The van der Waals surface area contributed by atoms with Crippen molar-refractivity contribution in [3.63, 3.8) is 0 Å². The largest absolute Gasteiger partial charge is 0.458 e. The van der Waals surface area contributed by atoms with Gasteiger partial charge in [-0.05, 0) is 31.1 Å². The molecule has 0 aromatic rings. The molecule has 11 atom stereocenters. The van der Waals surface area contributed by atoms with Gasteiger partial charge in [-0.25, -0.2) is 4.79 Å². The first-order chi connectivity index (χ1) is 17.9. The van der Waals surface area contributed by atoms with Crippen molar-refractivity contribution in [2.24, 2.45) is 35.5 Å². The summed E-state index contributed by atoms with van der Waals surface area (Å²) in [6, 6.07) is 0. The summed E-state index contributed by atoms with van der Waals surface area (Å²) in [5, 5.41) is 42.7. The molecule has 6 heteroatoms. The fourth-order valence-electron chi connectivity index (χ4n) is 5.04. The molecule has 0 fully saturated rings. The first-order valence-electron chi connectivity index (χ1n) is 14.1. The summed E-state index contributed by atoms with van der Waals surface area (Å²) >= 11 is 0. The van der Waals surface area contributed by atoms with Crippen LogP contribution in [0.3, 0.4) is 0 Å². The van der Waals surface area contributed by atoms with E-state index in [1.165, 1.54) is 6.08 Å². The van der Waals surface area contributed by atoms with Crippen LogP contribution in [0.1, 0.15) is 67.2 Å². The third-order valence-corrected chi connectivity index (χ3v) is 7.78. The van der Waals surface area contributed by atoms with E-state index in [-0.39, 0.29) is 41.9 Å². The molecule has 1 aliphatic rings. The van der Waals surface area contributed by atoms with E-state index >= 15 is 0 Å². The van der Waals surface area contributed by atoms with Crippen molar-refractivity contribution in [1.29, 1.82) is 0 Å². The van der Waals surface area contributed by atoms with E-state index in [0.717, 1.165) is 12.8 Å². The Morgan fingerprint density at radius 1 is 0.921 bits per heavy atom. The smallest absolute Gasteiger partial charge is 0.331 e. The lowest BCUT2D eigenvalue weighted by atomic mass is 9.82. The molecule has 4 N–H and O–H groups in total. The molecular weight excluding hydrogens is 480 g/mol. The van der Waals surface area contributed by atoms with E-state index in [1.807, 2.05) is 52.8 Å². The van der Waals surface area contributed by atoms with Gasteiger partial charge in [-0.3, -0.25) is 0 Å². The van der Waals surface area contributed by atoms with Crippen molar-refractivity contribution in [1.82, 2.24) is 0 Å². The molecule has 0 spiro atoms. The number of carbonyl (C=O) groups is 1. The van der Waals surface area contributed by atoms with E-state index < -0.39 is 36.5 Å². The normalized spacial score (nSPS) is 40.7. The molecular formula is C32H52O6. The van der Waals surface area contributed by atoms with Gasteiger partial charge in [-0.15, -0.1) is 0 Å². The van der Waals surface area contributed by atoms with Crippen molar-refractivity contribution in [2.75, 3.05) is 0 Å². The van der Waals surface area contributed by atoms with E-state index in [9.17, 15) is 25.2 Å². The Morgan fingerprint density at radius 2 is 1.61 bits per heavy atom. The fourth-order valence-corrected chi connectivity index (χ4v) is 5.04. The predicted molar refractivity (Wildman–Crippen MR) is 154 cm³/mol. The van der Waals surface area contributed by atoms with Gasteiger partial charge in [-0.2, -0.15) is 0 Å². The van der Waals surface area contributed by atoms with Crippen LogP contribution in [0.2, 0.25) is 0 Å². The topological polar surface area (TPSA) is 107 Å². The lowest BCUT2D eigenvalue weighted by molar-refractivity contribution is -0.150. The first-order valence-corrected chi connectivity index (χ1v) is 14.1. The van der Waals surface area contributed by atoms with Gasteiger partial charge in [0.2, 0.25) is 0 Å². The SMILES string of the molecule is C=C/C=C\[C@H](C)[C@@H]1OC(=O)/C=C\C=C\[C@@H](C)[C@@H](O)CC(O)/C=C\[C@H](C)[C@@H](O)[C@@H](C)C[C@@H](C)CC[C@@H](O)[C@@H]1C. The molecule has 0 bridgehead atoms. The van der Waals surface area contributed by atoms with Crippen LogP contribution in [0.5, 0.6) is 0 Å². The quantitative estimate of drug-likeness (QED) is 0.228. The van der Waals surface area contributed by atoms with Crippen LogP contribution in [0.25, 0.3) is 0 Å². The zero-order valence-electron chi connectivity index (χ0n) is 24.2. The molecule has 38 heavy (non-hydrogen) atoms. The molecule has 0 aromatic heterocycles. The number of ether oxygens (including phenoxy) is 1. The molecule has 1 aliphatic heterocycles. The van der Waals surface area contributed by atoms with Gasteiger partial charge >= 0.3 is 5.97 Å². The average Bonchev–Trinajstić information content (AvgIpc) is 2.88. The minimum Gasteiger partial charge on any atom is -0.458 e. The summed E-state index contributed by atoms with van der Waals surface area (Å²) in [7, 11) is 0. The summed E-state index contributed by atoms with van der Waals surface area (Å²) < 4.78 is 5.81. The van der Waals surface area contributed by atoms with Crippen LogP contribution >= 0.6 is 0 Å². The zero-order valence-corrected chi connectivity index (χ0v) is 24.2. The number of rotatable bonds is 3.